The number of hydrogen-bond donors (Lipinski definition) is 0. The summed E-state index contributed by atoms with van der Waals surface area (Å²) in [7, 11) is -4.08. The van der Waals surface area contributed by atoms with E-state index < -0.39 is 20.9 Å². The van der Waals surface area contributed by atoms with Crippen LogP contribution in [-0.4, -0.2) is 14.3 Å². The van der Waals surface area contributed by atoms with Crippen molar-refractivity contribution in [2.75, 3.05) is 4.31 Å². The second-order valence-corrected chi connectivity index (χ2v) is 8.76. The van der Waals surface area contributed by atoms with Crippen molar-refractivity contribution >= 4 is 43.2 Å². The van der Waals surface area contributed by atoms with E-state index in [9.17, 15) is 18.0 Å². The lowest BCUT2D eigenvalue weighted by molar-refractivity contribution is -0.117. The molecule has 0 N–H and O–H groups in total. The van der Waals surface area contributed by atoms with Gasteiger partial charge in [0.25, 0.3) is 10.0 Å². The van der Waals surface area contributed by atoms with Crippen LogP contribution in [0.3, 0.4) is 0 Å². The number of sulfonamides is 1. The van der Waals surface area contributed by atoms with E-state index in [0.29, 0.717) is 16.7 Å². The fourth-order valence-electron chi connectivity index (χ4n) is 2.72. The van der Waals surface area contributed by atoms with Gasteiger partial charge in [-0.15, -0.1) is 0 Å². The third-order valence-corrected chi connectivity index (χ3v) is 6.66. The summed E-state index contributed by atoms with van der Waals surface area (Å²) in [6.45, 7) is 3.79. The third kappa shape index (κ3) is 3.81. The maximum Gasteiger partial charge on any atom is 0.396 e. The van der Waals surface area contributed by atoms with E-state index in [2.05, 4.69) is 0 Å². The topological polar surface area (TPSA) is 84.7 Å². The SMILES string of the molecule is CCCC(=O)N(c1ccc2oc(=O)sc2c1)S(=O)(=O)c1ccc(CC)cc1. The highest BCUT2D eigenvalue weighted by molar-refractivity contribution is 7.93. The molecule has 3 aromatic rings. The maximum absolute atomic E-state index is 13.2. The van der Waals surface area contributed by atoms with Gasteiger partial charge in [0.15, 0.2) is 0 Å². The average Bonchev–Trinajstić information content (AvgIpc) is 3.01. The predicted octanol–water partition coefficient (Wildman–Crippen LogP) is 3.94. The van der Waals surface area contributed by atoms with Crippen molar-refractivity contribution in [3.05, 3.63) is 57.8 Å². The lowest BCUT2D eigenvalue weighted by Crippen LogP contribution is -2.36. The van der Waals surface area contributed by atoms with Crippen molar-refractivity contribution in [3.8, 4) is 0 Å². The molecule has 0 unspecified atom stereocenters. The average molecular weight is 405 g/mol. The van der Waals surface area contributed by atoms with Gasteiger partial charge in [-0.2, -0.15) is 0 Å². The number of carbonyl (C=O) groups is 1. The molecule has 2 aromatic carbocycles. The highest BCUT2D eigenvalue weighted by atomic mass is 32.2. The van der Waals surface area contributed by atoms with E-state index in [4.69, 9.17) is 4.42 Å². The van der Waals surface area contributed by atoms with Crippen LogP contribution in [0.5, 0.6) is 0 Å². The number of rotatable bonds is 6. The van der Waals surface area contributed by atoms with E-state index in [1.807, 2.05) is 13.8 Å². The summed E-state index contributed by atoms with van der Waals surface area (Å²) in [5.41, 5.74) is 1.56. The Labute approximate surface area is 161 Å². The number of nitrogens with zero attached hydrogens (tertiary/aromatic N) is 1. The summed E-state index contributed by atoms with van der Waals surface area (Å²) in [5.74, 6) is -0.521. The van der Waals surface area contributed by atoms with Crippen LogP contribution in [0.25, 0.3) is 10.3 Å². The minimum Gasteiger partial charge on any atom is -0.414 e. The normalized spacial score (nSPS) is 11.6. The zero-order valence-electron chi connectivity index (χ0n) is 15.0. The molecule has 142 valence electrons. The quantitative estimate of drug-likeness (QED) is 0.620. The third-order valence-electron chi connectivity index (χ3n) is 4.11. The van der Waals surface area contributed by atoms with Gasteiger partial charge in [-0.1, -0.05) is 37.3 Å². The van der Waals surface area contributed by atoms with Crippen molar-refractivity contribution in [2.45, 2.75) is 38.0 Å². The van der Waals surface area contributed by atoms with Crippen LogP contribution in [-0.2, 0) is 21.2 Å². The Balaban J connectivity index is 2.13. The molecule has 0 aliphatic carbocycles. The molecule has 27 heavy (non-hydrogen) atoms. The van der Waals surface area contributed by atoms with Gasteiger partial charge in [-0.25, -0.2) is 17.5 Å². The predicted molar refractivity (Wildman–Crippen MR) is 106 cm³/mol. The van der Waals surface area contributed by atoms with E-state index >= 15 is 0 Å². The van der Waals surface area contributed by atoms with E-state index in [1.165, 1.54) is 30.3 Å². The van der Waals surface area contributed by atoms with Crippen molar-refractivity contribution in [2.24, 2.45) is 0 Å². The van der Waals surface area contributed by atoms with Crippen LogP contribution in [0.1, 0.15) is 32.3 Å². The lowest BCUT2D eigenvalue weighted by Gasteiger charge is -2.22. The first kappa shape index (κ1) is 19.3. The van der Waals surface area contributed by atoms with Crippen LogP contribution < -0.4 is 9.24 Å². The molecule has 0 aliphatic rings. The standard InChI is InChI=1S/C19H19NO5S2/c1-3-5-18(21)20(14-8-11-16-17(12-14)26-19(22)25-16)27(23,24)15-9-6-13(4-2)7-10-15/h6-12H,3-5H2,1-2H3. The first-order valence-electron chi connectivity index (χ1n) is 8.57. The molecule has 3 rings (SSSR count). The summed E-state index contributed by atoms with van der Waals surface area (Å²) >= 11 is 0.865. The number of aryl methyl sites for hydroxylation is 1. The number of amides is 1. The number of carbonyl (C=O) groups excluding carboxylic acids is 1. The first-order chi connectivity index (χ1) is 12.9. The van der Waals surface area contributed by atoms with Gasteiger partial charge in [0, 0.05) is 6.42 Å². The Bertz CT molecular complexity index is 1130. The van der Waals surface area contributed by atoms with Crippen LogP contribution >= 0.6 is 11.3 Å². The van der Waals surface area contributed by atoms with Crippen LogP contribution in [0.4, 0.5) is 5.69 Å². The zero-order chi connectivity index (χ0) is 19.6. The van der Waals surface area contributed by atoms with E-state index in [1.54, 1.807) is 12.1 Å². The molecule has 0 atom stereocenters. The molecule has 0 fully saturated rings. The Morgan fingerprint density at radius 2 is 1.81 bits per heavy atom. The van der Waals surface area contributed by atoms with E-state index in [-0.39, 0.29) is 17.0 Å². The number of fused-ring (bicyclic) bond motifs is 1. The molecule has 0 bridgehead atoms. The van der Waals surface area contributed by atoms with Crippen LogP contribution in [0.15, 0.2) is 56.6 Å². The molecule has 6 nitrogen and oxygen atoms in total. The van der Waals surface area contributed by atoms with Crippen molar-refractivity contribution in [3.63, 3.8) is 0 Å². The highest BCUT2D eigenvalue weighted by Gasteiger charge is 2.30. The van der Waals surface area contributed by atoms with Gasteiger partial charge in [0.05, 0.1) is 15.3 Å². The molecule has 1 amide bonds. The summed E-state index contributed by atoms with van der Waals surface area (Å²) in [4.78, 5) is 23.7. The molecule has 0 spiro atoms. The fourth-order valence-corrected chi connectivity index (χ4v) is 4.86. The summed E-state index contributed by atoms with van der Waals surface area (Å²) < 4.78 is 32.8. The maximum atomic E-state index is 13.2. The number of benzene rings is 2. The molecule has 1 heterocycles. The number of hydrogen-bond acceptors (Lipinski definition) is 6. The van der Waals surface area contributed by atoms with Gasteiger partial charge in [0.2, 0.25) is 5.91 Å². The monoisotopic (exact) mass is 405 g/mol. The Morgan fingerprint density at radius 1 is 1.11 bits per heavy atom. The largest absolute Gasteiger partial charge is 0.414 e. The second kappa shape index (κ2) is 7.66. The van der Waals surface area contributed by atoms with Crippen molar-refractivity contribution < 1.29 is 17.6 Å². The Kier molecular flexibility index (Phi) is 5.48. The van der Waals surface area contributed by atoms with Crippen molar-refractivity contribution in [1.82, 2.24) is 0 Å². The van der Waals surface area contributed by atoms with Gasteiger partial charge in [-0.3, -0.25) is 4.79 Å². The molecule has 0 radical (unpaired) electrons. The number of anilines is 1. The summed E-state index contributed by atoms with van der Waals surface area (Å²) in [5, 5.41) is 0. The molecule has 0 aliphatic heterocycles. The lowest BCUT2D eigenvalue weighted by atomic mass is 10.2. The van der Waals surface area contributed by atoms with E-state index in [0.717, 1.165) is 27.6 Å². The Morgan fingerprint density at radius 3 is 2.44 bits per heavy atom. The minimum atomic E-state index is -4.08. The van der Waals surface area contributed by atoms with Crippen molar-refractivity contribution in [1.29, 1.82) is 0 Å². The van der Waals surface area contributed by atoms with Gasteiger partial charge in [-0.05, 0) is 48.7 Å². The highest BCUT2D eigenvalue weighted by Crippen LogP contribution is 2.29. The molecular weight excluding hydrogens is 386 g/mol. The fraction of sp³-hybridized carbons (Fsp3) is 0.263. The minimum absolute atomic E-state index is 0.0460. The molecule has 1 aromatic heterocycles. The summed E-state index contributed by atoms with van der Waals surface area (Å²) in [6, 6.07) is 11.0. The first-order valence-corrected chi connectivity index (χ1v) is 10.8. The van der Waals surface area contributed by atoms with Crippen LogP contribution in [0.2, 0.25) is 0 Å². The van der Waals surface area contributed by atoms with Crippen LogP contribution in [0, 0.1) is 0 Å². The molecule has 8 heteroatoms. The molecular formula is C19H19NO5S2. The Hall–Kier alpha value is -2.45. The molecule has 0 saturated carbocycles. The zero-order valence-corrected chi connectivity index (χ0v) is 16.6. The van der Waals surface area contributed by atoms with Gasteiger partial charge >= 0.3 is 4.94 Å². The van der Waals surface area contributed by atoms with Gasteiger partial charge < -0.3 is 4.42 Å². The smallest absolute Gasteiger partial charge is 0.396 e. The molecule has 0 saturated heterocycles. The second-order valence-electron chi connectivity index (χ2n) is 6.00. The summed E-state index contributed by atoms with van der Waals surface area (Å²) in [6.07, 6.45) is 1.39. The van der Waals surface area contributed by atoms with Gasteiger partial charge in [0.1, 0.15) is 5.58 Å².